The number of anilines is 1. The van der Waals surface area contributed by atoms with Crippen LogP contribution in [0.4, 0.5) is 5.69 Å². The standard InChI is InChI=1S/C29H40N2O5/c1-30(2)29(32)23-9-13-27(25(19-23)22-7-10-24(34-4)11-8-22)36-20-21-6-12-28-26(18-21)31(15-17-35-28)14-5-16-33-3/h6-8,10-12,18,23,25,27H,5,9,13-17,19-20H2,1-4H3/t23-,25+,27-/m0/s1. The minimum atomic E-state index is 0.0218. The highest BCUT2D eigenvalue weighted by atomic mass is 16.5. The third-order valence-corrected chi connectivity index (χ3v) is 7.34. The number of ether oxygens (including phenoxy) is 4. The molecule has 1 fully saturated rings. The lowest BCUT2D eigenvalue weighted by Gasteiger charge is -2.37. The lowest BCUT2D eigenvalue weighted by molar-refractivity contribution is -0.135. The molecule has 2 aromatic carbocycles. The van der Waals surface area contributed by atoms with Gasteiger partial charge in [0, 0.05) is 46.2 Å². The molecule has 0 radical (unpaired) electrons. The third-order valence-electron chi connectivity index (χ3n) is 7.34. The number of benzene rings is 2. The van der Waals surface area contributed by atoms with E-state index in [1.807, 2.05) is 26.2 Å². The van der Waals surface area contributed by atoms with E-state index < -0.39 is 0 Å². The maximum atomic E-state index is 12.8. The molecule has 2 aromatic rings. The minimum Gasteiger partial charge on any atom is -0.497 e. The Morgan fingerprint density at radius 1 is 1.11 bits per heavy atom. The average molecular weight is 497 g/mol. The number of hydrogen-bond acceptors (Lipinski definition) is 6. The van der Waals surface area contributed by atoms with Crippen molar-refractivity contribution in [3.05, 3.63) is 53.6 Å². The molecule has 1 amide bonds. The molecule has 1 heterocycles. The predicted molar refractivity (Wildman–Crippen MR) is 141 cm³/mol. The van der Waals surface area contributed by atoms with Crippen LogP contribution in [0.5, 0.6) is 11.5 Å². The Hall–Kier alpha value is -2.77. The predicted octanol–water partition coefficient (Wildman–Crippen LogP) is 4.49. The second kappa shape index (κ2) is 12.5. The van der Waals surface area contributed by atoms with E-state index in [1.165, 1.54) is 5.56 Å². The maximum Gasteiger partial charge on any atom is 0.225 e. The Labute approximate surface area is 215 Å². The lowest BCUT2D eigenvalue weighted by Crippen LogP contribution is -2.37. The zero-order valence-corrected chi connectivity index (χ0v) is 22.1. The van der Waals surface area contributed by atoms with Crippen LogP contribution < -0.4 is 14.4 Å². The van der Waals surface area contributed by atoms with Gasteiger partial charge in [0.05, 0.1) is 32.1 Å². The first kappa shape index (κ1) is 26.3. The van der Waals surface area contributed by atoms with E-state index in [0.29, 0.717) is 13.2 Å². The van der Waals surface area contributed by atoms with E-state index in [9.17, 15) is 4.79 Å². The largest absolute Gasteiger partial charge is 0.497 e. The monoisotopic (exact) mass is 496 g/mol. The van der Waals surface area contributed by atoms with Gasteiger partial charge in [0.15, 0.2) is 0 Å². The quantitative estimate of drug-likeness (QED) is 0.452. The number of carbonyl (C=O) groups is 1. The number of fused-ring (bicyclic) bond motifs is 1. The summed E-state index contributed by atoms with van der Waals surface area (Å²) in [7, 11) is 7.10. The van der Waals surface area contributed by atoms with Crippen LogP contribution in [-0.4, -0.2) is 71.5 Å². The van der Waals surface area contributed by atoms with Gasteiger partial charge in [-0.25, -0.2) is 0 Å². The molecular weight excluding hydrogens is 456 g/mol. The van der Waals surface area contributed by atoms with Gasteiger partial charge in [0.2, 0.25) is 5.91 Å². The molecule has 0 bridgehead atoms. The normalized spacial score (nSPS) is 21.4. The average Bonchev–Trinajstić information content (AvgIpc) is 2.91. The third kappa shape index (κ3) is 6.31. The fourth-order valence-corrected chi connectivity index (χ4v) is 5.38. The van der Waals surface area contributed by atoms with Crippen LogP contribution in [0.3, 0.4) is 0 Å². The highest BCUT2D eigenvalue weighted by Gasteiger charge is 2.36. The SMILES string of the molecule is COCCCN1CCOc2ccc(CO[C@H]3CC[C@H](C(=O)N(C)C)C[C@@H]3c3ccc(OC)cc3)cc21. The van der Waals surface area contributed by atoms with E-state index in [0.717, 1.165) is 68.1 Å². The summed E-state index contributed by atoms with van der Waals surface area (Å²) < 4.78 is 23.1. The number of carbonyl (C=O) groups excluding carboxylic acids is 1. The molecule has 0 aromatic heterocycles. The lowest BCUT2D eigenvalue weighted by atomic mass is 9.75. The molecule has 196 valence electrons. The summed E-state index contributed by atoms with van der Waals surface area (Å²) in [4.78, 5) is 16.9. The van der Waals surface area contributed by atoms with Crippen LogP contribution in [0.25, 0.3) is 0 Å². The molecule has 0 saturated heterocycles. The molecular formula is C29H40N2O5. The molecule has 36 heavy (non-hydrogen) atoms. The van der Waals surface area contributed by atoms with Crippen molar-refractivity contribution in [2.75, 3.05) is 59.5 Å². The van der Waals surface area contributed by atoms with E-state index in [-0.39, 0.29) is 23.8 Å². The van der Waals surface area contributed by atoms with Crippen LogP contribution in [0.1, 0.15) is 42.7 Å². The van der Waals surface area contributed by atoms with Crippen molar-refractivity contribution in [3.63, 3.8) is 0 Å². The smallest absolute Gasteiger partial charge is 0.225 e. The summed E-state index contributed by atoms with van der Waals surface area (Å²) in [6.45, 7) is 3.81. The number of rotatable bonds is 10. The van der Waals surface area contributed by atoms with Gasteiger partial charge in [-0.15, -0.1) is 0 Å². The van der Waals surface area contributed by atoms with Gasteiger partial charge in [0.1, 0.15) is 18.1 Å². The topological polar surface area (TPSA) is 60.5 Å². The van der Waals surface area contributed by atoms with Gasteiger partial charge in [-0.1, -0.05) is 18.2 Å². The van der Waals surface area contributed by atoms with Crippen molar-refractivity contribution >= 4 is 11.6 Å². The Kier molecular flexibility index (Phi) is 9.10. The van der Waals surface area contributed by atoms with Crippen LogP contribution in [-0.2, 0) is 20.9 Å². The molecule has 2 aliphatic rings. The van der Waals surface area contributed by atoms with Crippen LogP contribution in [0.2, 0.25) is 0 Å². The molecule has 7 heteroatoms. The Balaban J connectivity index is 1.47. The second-order valence-corrected chi connectivity index (χ2v) is 9.96. The van der Waals surface area contributed by atoms with Crippen LogP contribution in [0.15, 0.2) is 42.5 Å². The Bertz CT molecular complexity index is 994. The molecule has 0 N–H and O–H groups in total. The van der Waals surface area contributed by atoms with Gasteiger partial charge in [-0.3, -0.25) is 4.79 Å². The zero-order valence-electron chi connectivity index (χ0n) is 22.1. The molecule has 0 unspecified atom stereocenters. The minimum absolute atomic E-state index is 0.0218. The first-order valence-corrected chi connectivity index (χ1v) is 13.0. The van der Waals surface area contributed by atoms with Crippen molar-refractivity contribution in [1.82, 2.24) is 4.90 Å². The molecule has 1 saturated carbocycles. The summed E-state index contributed by atoms with van der Waals surface area (Å²) in [5.74, 6) is 2.15. The van der Waals surface area contributed by atoms with Crippen molar-refractivity contribution in [3.8, 4) is 11.5 Å². The number of amides is 1. The fraction of sp³-hybridized carbons (Fsp3) is 0.552. The molecule has 7 nitrogen and oxygen atoms in total. The fourth-order valence-electron chi connectivity index (χ4n) is 5.38. The molecule has 1 aliphatic heterocycles. The van der Waals surface area contributed by atoms with Crippen LogP contribution in [0, 0.1) is 5.92 Å². The van der Waals surface area contributed by atoms with Gasteiger partial charge in [-0.2, -0.15) is 0 Å². The van der Waals surface area contributed by atoms with Crippen molar-refractivity contribution in [2.45, 2.75) is 44.3 Å². The highest BCUT2D eigenvalue weighted by molar-refractivity contribution is 5.78. The summed E-state index contributed by atoms with van der Waals surface area (Å²) in [6, 6.07) is 14.6. The summed E-state index contributed by atoms with van der Waals surface area (Å²) in [5, 5.41) is 0. The molecule has 4 rings (SSSR count). The zero-order chi connectivity index (χ0) is 25.5. The van der Waals surface area contributed by atoms with E-state index in [2.05, 4.69) is 35.2 Å². The molecule has 0 spiro atoms. The number of nitrogens with zero attached hydrogens (tertiary/aromatic N) is 2. The van der Waals surface area contributed by atoms with Gasteiger partial charge in [-0.05, 0) is 61.1 Å². The number of methoxy groups -OCH3 is 2. The molecule has 3 atom stereocenters. The first-order valence-electron chi connectivity index (χ1n) is 13.0. The van der Waals surface area contributed by atoms with E-state index >= 15 is 0 Å². The summed E-state index contributed by atoms with van der Waals surface area (Å²) in [5.41, 5.74) is 3.46. The van der Waals surface area contributed by atoms with Crippen molar-refractivity contribution in [1.29, 1.82) is 0 Å². The van der Waals surface area contributed by atoms with Crippen molar-refractivity contribution in [2.24, 2.45) is 5.92 Å². The molecule has 1 aliphatic carbocycles. The van der Waals surface area contributed by atoms with E-state index in [1.54, 1.807) is 19.1 Å². The number of hydrogen-bond donors (Lipinski definition) is 0. The van der Waals surface area contributed by atoms with Crippen molar-refractivity contribution < 1.29 is 23.7 Å². The highest BCUT2D eigenvalue weighted by Crippen LogP contribution is 2.40. The van der Waals surface area contributed by atoms with E-state index in [4.69, 9.17) is 18.9 Å². The van der Waals surface area contributed by atoms with Gasteiger partial charge < -0.3 is 28.7 Å². The summed E-state index contributed by atoms with van der Waals surface area (Å²) >= 11 is 0. The Morgan fingerprint density at radius 2 is 1.92 bits per heavy atom. The summed E-state index contributed by atoms with van der Waals surface area (Å²) in [6.07, 6.45) is 3.53. The van der Waals surface area contributed by atoms with Crippen LogP contribution >= 0.6 is 0 Å². The van der Waals surface area contributed by atoms with Gasteiger partial charge >= 0.3 is 0 Å². The first-order chi connectivity index (χ1) is 17.5. The second-order valence-electron chi connectivity index (χ2n) is 9.96. The Morgan fingerprint density at radius 3 is 2.64 bits per heavy atom. The van der Waals surface area contributed by atoms with Gasteiger partial charge in [0.25, 0.3) is 0 Å². The maximum absolute atomic E-state index is 12.8.